The zero-order chi connectivity index (χ0) is 22.9. The third-order valence-corrected chi connectivity index (χ3v) is 8.34. The third-order valence-electron chi connectivity index (χ3n) is 8.34. The molecule has 4 unspecified atom stereocenters. The number of halogens is 1. The zero-order valence-corrected chi connectivity index (χ0v) is 19.0. The SMILES string of the molecule is O=c1[nH]c2ccc(-c3cn[nH]c3)cc2cc1C12CC1(F)C1C=C(CN3CCCCC3)C=CC1N2. The van der Waals surface area contributed by atoms with Gasteiger partial charge in [-0.15, -0.1) is 0 Å². The second-order valence-corrected chi connectivity index (χ2v) is 10.4. The van der Waals surface area contributed by atoms with Crippen molar-refractivity contribution >= 4 is 10.9 Å². The van der Waals surface area contributed by atoms with E-state index in [0.29, 0.717) is 12.0 Å². The molecule has 0 radical (unpaired) electrons. The minimum atomic E-state index is -1.45. The molecule has 7 heteroatoms. The highest BCUT2D eigenvalue weighted by molar-refractivity contribution is 5.85. The van der Waals surface area contributed by atoms with Gasteiger partial charge in [0.1, 0.15) is 5.67 Å². The highest BCUT2D eigenvalue weighted by atomic mass is 19.1. The Morgan fingerprint density at radius 1 is 1.15 bits per heavy atom. The molecule has 3 fully saturated rings. The van der Waals surface area contributed by atoms with Crippen molar-refractivity contribution in [1.29, 1.82) is 0 Å². The van der Waals surface area contributed by atoms with E-state index in [0.717, 1.165) is 41.7 Å². The van der Waals surface area contributed by atoms with Gasteiger partial charge in [0.25, 0.3) is 5.56 Å². The summed E-state index contributed by atoms with van der Waals surface area (Å²) in [6, 6.07) is 7.68. The van der Waals surface area contributed by atoms with Crippen molar-refractivity contribution < 1.29 is 4.39 Å². The van der Waals surface area contributed by atoms with Gasteiger partial charge < -0.3 is 4.98 Å². The number of piperidine rings is 2. The number of hydrogen-bond donors (Lipinski definition) is 3. The van der Waals surface area contributed by atoms with Crippen molar-refractivity contribution in [2.24, 2.45) is 5.92 Å². The normalized spacial score (nSPS) is 32.4. The molecule has 2 aliphatic carbocycles. The molecule has 0 bridgehead atoms. The molecule has 174 valence electrons. The average molecular weight is 458 g/mol. The first kappa shape index (κ1) is 20.4. The summed E-state index contributed by atoms with van der Waals surface area (Å²) < 4.78 is 16.5. The van der Waals surface area contributed by atoms with E-state index in [1.807, 2.05) is 30.5 Å². The fourth-order valence-corrected chi connectivity index (χ4v) is 6.48. The van der Waals surface area contributed by atoms with E-state index < -0.39 is 11.2 Å². The Morgan fingerprint density at radius 3 is 2.85 bits per heavy atom. The molecular weight excluding hydrogens is 429 g/mol. The molecule has 2 aliphatic heterocycles. The van der Waals surface area contributed by atoms with Gasteiger partial charge in [0.2, 0.25) is 0 Å². The predicted octanol–water partition coefficient (Wildman–Crippen LogP) is 3.80. The molecule has 3 N–H and O–H groups in total. The quantitative estimate of drug-likeness (QED) is 0.557. The highest BCUT2D eigenvalue weighted by Gasteiger charge is 2.79. The third kappa shape index (κ3) is 2.93. The van der Waals surface area contributed by atoms with Gasteiger partial charge >= 0.3 is 0 Å². The van der Waals surface area contributed by atoms with Crippen LogP contribution >= 0.6 is 0 Å². The second kappa shape index (κ2) is 7.23. The van der Waals surface area contributed by atoms with Gasteiger partial charge in [-0.05, 0) is 60.7 Å². The lowest BCUT2D eigenvalue weighted by molar-refractivity contribution is 0.229. The summed E-state index contributed by atoms with van der Waals surface area (Å²) in [6.45, 7) is 3.13. The average Bonchev–Trinajstić information content (AvgIpc) is 3.17. The van der Waals surface area contributed by atoms with Crippen molar-refractivity contribution in [1.82, 2.24) is 25.4 Å². The Bertz CT molecular complexity index is 1390. The summed E-state index contributed by atoms with van der Waals surface area (Å²) in [4.78, 5) is 18.6. The number of nitrogens with zero attached hydrogens (tertiary/aromatic N) is 2. The first-order chi connectivity index (χ1) is 16.6. The Labute approximate surface area is 196 Å². The molecular formula is C27H28FN5O. The number of benzene rings is 1. The number of rotatable bonds is 4. The number of likely N-dealkylation sites (tertiary alicyclic amines) is 1. The maximum absolute atomic E-state index is 16.5. The standard InChI is InChI=1S/C27H28FN5O/c28-26-16-27(26,32-24-6-4-17(10-21(24)26)15-33-8-2-1-3-9-33)22-12-19-11-18(20-13-29-30-14-20)5-7-23(19)31-25(22)34/h4-7,10-14,21,24,32H,1-3,8-9,15-16H2,(H,29,30)(H,31,34). The van der Waals surface area contributed by atoms with Gasteiger partial charge in [0.15, 0.2) is 0 Å². The van der Waals surface area contributed by atoms with Crippen LogP contribution in [0.15, 0.2) is 65.3 Å². The molecule has 4 atom stereocenters. The minimum absolute atomic E-state index is 0.0868. The van der Waals surface area contributed by atoms with Crippen LogP contribution in [-0.2, 0) is 5.54 Å². The zero-order valence-electron chi connectivity index (χ0n) is 19.0. The number of H-pyrrole nitrogens is 2. The lowest BCUT2D eigenvalue weighted by Gasteiger charge is -2.29. The smallest absolute Gasteiger partial charge is 0.253 e. The van der Waals surface area contributed by atoms with Crippen LogP contribution in [0.1, 0.15) is 31.2 Å². The van der Waals surface area contributed by atoms with E-state index in [-0.39, 0.29) is 17.5 Å². The summed E-state index contributed by atoms with van der Waals surface area (Å²) in [5.41, 5.74) is 1.83. The molecule has 2 saturated heterocycles. The van der Waals surface area contributed by atoms with Crippen molar-refractivity contribution in [3.8, 4) is 11.1 Å². The summed E-state index contributed by atoms with van der Waals surface area (Å²) in [5, 5.41) is 11.3. The van der Waals surface area contributed by atoms with Crippen LogP contribution in [0.25, 0.3) is 22.0 Å². The maximum Gasteiger partial charge on any atom is 0.253 e. The van der Waals surface area contributed by atoms with Crippen molar-refractivity contribution in [2.45, 2.75) is 42.9 Å². The van der Waals surface area contributed by atoms with Crippen LogP contribution in [0.5, 0.6) is 0 Å². The topological polar surface area (TPSA) is 76.8 Å². The van der Waals surface area contributed by atoms with Crippen molar-refractivity contribution in [2.75, 3.05) is 19.6 Å². The molecule has 2 aromatic heterocycles. The lowest BCUT2D eigenvalue weighted by Crippen LogP contribution is -2.38. The molecule has 0 amide bonds. The number of alkyl halides is 1. The number of hydrogen-bond acceptors (Lipinski definition) is 4. The second-order valence-electron chi connectivity index (χ2n) is 10.4. The highest BCUT2D eigenvalue weighted by Crippen LogP contribution is 2.67. The predicted molar refractivity (Wildman–Crippen MR) is 130 cm³/mol. The molecule has 7 rings (SSSR count). The molecule has 1 aromatic carbocycles. The van der Waals surface area contributed by atoms with Gasteiger partial charge in [-0.2, -0.15) is 5.10 Å². The molecule has 3 aromatic rings. The summed E-state index contributed by atoms with van der Waals surface area (Å²) in [6.07, 6.45) is 14.1. The first-order valence-electron chi connectivity index (χ1n) is 12.3. The number of aromatic nitrogens is 3. The van der Waals surface area contributed by atoms with E-state index in [9.17, 15) is 4.79 Å². The monoisotopic (exact) mass is 457 g/mol. The summed E-state index contributed by atoms with van der Waals surface area (Å²) in [7, 11) is 0. The number of nitrogens with one attached hydrogen (secondary N) is 3. The lowest BCUT2D eigenvalue weighted by atomic mass is 9.87. The van der Waals surface area contributed by atoms with Gasteiger partial charge in [0, 0.05) is 47.8 Å². The van der Waals surface area contributed by atoms with Crippen LogP contribution < -0.4 is 10.9 Å². The molecule has 1 saturated carbocycles. The van der Waals surface area contributed by atoms with Crippen LogP contribution in [0.4, 0.5) is 4.39 Å². The fourth-order valence-electron chi connectivity index (χ4n) is 6.48. The van der Waals surface area contributed by atoms with Gasteiger partial charge in [-0.1, -0.05) is 30.7 Å². The van der Waals surface area contributed by atoms with E-state index in [4.69, 9.17) is 0 Å². The van der Waals surface area contributed by atoms with Gasteiger partial charge in [-0.25, -0.2) is 4.39 Å². The van der Waals surface area contributed by atoms with Crippen LogP contribution in [0, 0.1) is 5.92 Å². The summed E-state index contributed by atoms with van der Waals surface area (Å²) in [5.74, 6) is -0.246. The van der Waals surface area contributed by atoms with Gasteiger partial charge in [0.05, 0.1) is 11.7 Å². The van der Waals surface area contributed by atoms with E-state index in [1.165, 1.54) is 24.8 Å². The number of fused-ring (bicyclic) bond motifs is 4. The molecule has 34 heavy (non-hydrogen) atoms. The Kier molecular flexibility index (Phi) is 4.33. The summed E-state index contributed by atoms with van der Waals surface area (Å²) >= 11 is 0. The fraction of sp³-hybridized carbons (Fsp3) is 0.407. The number of aromatic amines is 2. The molecule has 4 heterocycles. The first-order valence-corrected chi connectivity index (χ1v) is 12.3. The minimum Gasteiger partial charge on any atom is -0.322 e. The van der Waals surface area contributed by atoms with Crippen molar-refractivity contribution in [3.63, 3.8) is 0 Å². The van der Waals surface area contributed by atoms with Crippen molar-refractivity contribution in [3.05, 3.63) is 76.4 Å². The maximum atomic E-state index is 16.5. The van der Waals surface area contributed by atoms with Crippen LogP contribution in [0.2, 0.25) is 0 Å². The Balaban J connectivity index is 1.23. The Morgan fingerprint density at radius 2 is 2.03 bits per heavy atom. The number of pyridine rings is 1. The molecule has 6 nitrogen and oxygen atoms in total. The van der Waals surface area contributed by atoms with E-state index in [1.54, 1.807) is 6.20 Å². The Hall–Kier alpha value is -3.03. The largest absolute Gasteiger partial charge is 0.322 e. The van der Waals surface area contributed by atoms with Gasteiger partial charge in [-0.3, -0.25) is 20.1 Å². The van der Waals surface area contributed by atoms with Crippen LogP contribution in [-0.4, -0.2) is 51.4 Å². The molecule has 4 aliphatic rings. The van der Waals surface area contributed by atoms with E-state index >= 15 is 4.39 Å². The van der Waals surface area contributed by atoms with E-state index in [2.05, 4.69) is 43.6 Å². The van der Waals surface area contributed by atoms with Crippen LogP contribution in [0.3, 0.4) is 0 Å². The molecule has 0 spiro atoms.